The molecule has 0 spiro atoms. The summed E-state index contributed by atoms with van der Waals surface area (Å²) in [6.07, 6.45) is 0.624. The molecular weight excluding hydrogens is 510 g/mol. The van der Waals surface area contributed by atoms with Crippen LogP contribution in [0.1, 0.15) is 29.7 Å². The summed E-state index contributed by atoms with van der Waals surface area (Å²) >= 11 is 1.50. The number of carbonyl (C=O) groups excluding carboxylic acids is 2. The molecule has 1 aliphatic rings. The highest BCUT2D eigenvalue weighted by molar-refractivity contribution is 8.00. The number of fused-ring (bicyclic) bond motifs is 3. The Labute approximate surface area is 233 Å². The number of amides is 2. The fourth-order valence-electron chi connectivity index (χ4n) is 5.17. The van der Waals surface area contributed by atoms with E-state index in [2.05, 4.69) is 16.0 Å². The van der Waals surface area contributed by atoms with E-state index in [4.69, 9.17) is 9.47 Å². The van der Waals surface area contributed by atoms with E-state index in [1.54, 1.807) is 12.0 Å². The lowest BCUT2D eigenvalue weighted by molar-refractivity contribution is -0.138. The van der Waals surface area contributed by atoms with Gasteiger partial charge in [0.15, 0.2) is 0 Å². The summed E-state index contributed by atoms with van der Waals surface area (Å²) < 4.78 is 13.1. The number of hydrogen-bond donors (Lipinski definition) is 1. The second-order valence-electron chi connectivity index (χ2n) is 9.43. The average Bonchev–Trinajstić information content (AvgIpc) is 3.14. The smallest absolute Gasteiger partial charge is 0.247 e. The van der Waals surface area contributed by atoms with Crippen molar-refractivity contribution in [2.45, 2.75) is 31.0 Å². The van der Waals surface area contributed by atoms with Crippen LogP contribution >= 0.6 is 11.8 Å². The Bertz CT molecular complexity index is 1480. The van der Waals surface area contributed by atoms with Crippen molar-refractivity contribution in [3.63, 3.8) is 0 Å². The third-order valence-electron chi connectivity index (χ3n) is 7.10. The fourth-order valence-corrected chi connectivity index (χ4v) is 6.27. The number of thioether (sulfide) groups is 1. The number of methoxy groups -OCH3 is 1. The first-order chi connectivity index (χ1) is 19.0. The predicted molar refractivity (Wildman–Crippen MR) is 154 cm³/mol. The van der Waals surface area contributed by atoms with E-state index in [1.807, 2.05) is 80.7 Å². The van der Waals surface area contributed by atoms with E-state index in [0.29, 0.717) is 31.9 Å². The third-order valence-corrected chi connectivity index (χ3v) is 8.26. The Morgan fingerprint density at radius 3 is 2.56 bits per heavy atom. The molecule has 0 saturated heterocycles. The van der Waals surface area contributed by atoms with Gasteiger partial charge in [-0.1, -0.05) is 60.3 Å². The van der Waals surface area contributed by atoms with Gasteiger partial charge in [-0.25, -0.2) is 0 Å². The second-order valence-corrected chi connectivity index (χ2v) is 10.4. The highest BCUT2D eigenvalue weighted by Crippen LogP contribution is 2.42. The maximum absolute atomic E-state index is 14.0. The van der Waals surface area contributed by atoms with Gasteiger partial charge >= 0.3 is 0 Å². The summed E-state index contributed by atoms with van der Waals surface area (Å²) in [6.45, 7) is 3.28. The number of carbonyl (C=O) groups is 2. The Hall–Kier alpha value is -3.91. The van der Waals surface area contributed by atoms with E-state index < -0.39 is 6.04 Å². The molecule has 8 heteroatoms. The first kappa shape index (κ1) is 26.7. The van der Waals surface area contributed by atoms with Crippen LogP contribution in [0.25, 0.3) is 10.9 Å². The lowest BCUT2D eigenvalue weighted by atomic mass is 10.0. The number of hydrogen-bond acceptors (Lipinski definition) is 5. The van der Waals surface area contributed by atoms with Gasteiger partial charge in [0.05, 0.1) is 24.5 Å². The molecule has 39 heavy (non-hydrogen) atoms. The van der Waals surface area contributed by atoms with Crippen molar-refractivity contribution in [3.8, 4) is 11.5 Å². The largest absolute Gasteiger partial charge is 0.496 e. The Morgan fingerprint density at radius 2 is 1.79 bits per heavy atom. The molecular formula is C31H33N3O4S. The van der Waals surface area contributed by atoms with Crippen LogP contribution in [0.15, 0.2) is 77.8 Å². The second kappa shape index (κ2) is 11.9. The Kier molecular flexibility index (Phi) is 8.12. The molecule has 1 aliphatic heterocycles. The topological polar surface area (TPSA) is 72.8 Å². The molecule has 1 N–H and O–H groups in total. The van der Waals surface area contributed by atoms with Gasteiger partial charge in [-0.2, -0.15) is 0 Å². The molecule has 1 atom stereocenters. The predicted octanol–water partition coefficient (Wildman–Crippen LogP) is 5.12. The molecule has 0 radical (unpaired) electrons. The number of rotatable bonds is 9. The molecule has 0 bridgehead atoms. The van der Waals surface area contributed by atoms with Crippen LogP contribution in [0.4, 0.5) is 0 Å². The number of ether oxygens (including phenoxy) is 2. The van der Waals surface area contributed by atoms with Crippen molar-refractivity contribution in [2.24, 2.45) is 7.05 Å². The van der Waals surface area contributed by atoms with Crippen molar-refractivity contribution in [1.82, 2.24) is 14.8 Å². The van der Waals surface area contributed by atoms with Gasteiger partial charge in [0, 0.05) is 42.2 Å². The summed E-state index contributed by atoms with van der Waals surface area (Å²) in [5.74, 6) is 1.54. The van der Waals surface area contributed by atoms with Gasteiger partial charge < -0.3 is 24.3 Å². The van der Waals surface area contributed by atoms with Gasteiger partial charge in [-0.05, 0) is 43.2 Å². The summed E-state index contributed by atoms with van der Waals surface area (Å²) in [6, 6.07) is 22.9. The van der Waals surface area contributed by atoms with Gasteiger partial charge in [-0.15, -0.1) is 0 Å². The molecule has 0 saturated carbocycles. The average molecular weight is 544 g/mol. The standard InChI is InChI=1S/C31H33N3O4S/c1-4-38-23-15-13-21(14-16-23)17-18-34-27(35)20-39-31-28(24-10-6-7-11-25(24)33(31)2)29(34)30(36)32-19-22-9-5-8-12-26(22)37-3/h5-16,29H,4,17-20H2,1-3H3,(H,32,36). The van der Waals surface area contributed by atoms with Crippen LogP contribution in [0.3, 0.4) is 0 Å². The molecule has 7 nitrogen and oxygen atoms in total. The lowest BCUT2D eigenvalue weighted by Gasteiger charge is -2.30. The highest BCUT2D eigenvalue weighted by Gasteiger charge is 2.38. The van der Waals surface area contributed by atoms with Gasteiger partial charge in [-0.3, -0.25) is 9.59 Å². The van der Waals surface area contributed by atoms with Gasteiger partial charge in [0.2, 0.25) is 11.8 Å². The van der Waals surface area contributed by atoms with Crippen LogP contribution in [-0.2, 0) is 29.6 Å². The van der Waals surface area contributed by atoms with E-state index in [9.17, 15) is 9.59 Å². The summed E-state index contributed by atoms with van der Waals surface area (Å²) in [7, 11) is 3.62. The van der Waals surface area contributed by atoms with Crippen LogP contribution in [0, 0.1) is 0 Å². The SMILES string of the molecule is CCOc1ccc(CCN2C(=O)CSc3c(c4ccccc4n3C)C2C(=O)NCc2ccccc2OC)cc1. The number of aryl methyl sites for hydroxylation is 1. The summed E-state index contributed by atoms with van der Waals surface area (Å²) in [5.41, 5.74) is 3.88. The van der Waals surface area contributed by atoms with E-state index >= 15 is 0 Å². The molecule has 2 amide bonds. The van der Waals surface area contributed by atoms with Crippen molar-refractivity contribution >= 4 is 34.5 Å². The normalized spacial score (nSPS) is 15.1. The molecule has 0 fully saturated rings. The van der Waals surface area contributed by atoms with E-state index in [0.717, 1.165) is 38.4 Å². The summed E-state index contributed by atoms with van der Waals surface area (Å²) in [5, 5.41) is 5.04. The van der Waals surface area contributed by atoms with Crippen LogP contribution in [0.2, 0.25) is 0 Å². The zero-order chi connectivity index (χ0) is 27.4. The number of nitrogens with zero attached hydrogens (tertiary/aromatic N) is 2. The van der Waals surface area contributed by atoms with Crippen LogP contribution in [0.5, 0.6) is 11.5 Å². The first-order valence-corrected chi connectivity index (χ1v) is 14.1. The van der Waals surface area contributed by atoms with Gasteiger partial charge in [0.1, 0.15) is 17.5 Å². The third kappa shape index (κ3) is 5.47. The zero-order valence-electron chi connectivity index (χ0n) is 22.5. The maximum atomic E-state index is 14.0. The van der Waals surface area contributed by atoms with Crippen molar-refractivity contribution < 1.29 is 19.1 Å². The van der Waals surface area contributed by atoms with Crippen molar-refractivity contribution in [1.29, 1.82) is 0 Å². The molecule has 5 rings (SSSR count). The molecule has 202 valence electrons. The first-order valence-electron chi connectivity index (χ1n) is 13.1. The minimum atomic E-state index is -0.758. The monoisotopic (exact) mass is 543 g/mol. The maximum Gasteiger partial charge on any atom is 0.247 e. The Morgan fingerprint density at radius 1 is 1.05 bits per heavy atom. The van der Waals surface area contributed by atoms with E-state index in [1.165, 1.54) is 11.8 Å². The molecule has 2 heterocycles. The number of nitrogens with one attached hydrogen (secondary N) is 1. The Balaban J connectivity index is 1.49. The minimum absolute atomic E-state index is 0.0522. The number of aromatic nitrogens is 1. The molecule has 1 aromatic heterocycles. The zero-order valence-corrected chi connectivity index (χ0v) is 23.3. The minimum Gasteiger partial charge on any atom is -0.496 e. The van der Waals surface area contributed by atoms with Crippen molar-refractivity contribution in [2.75, 3.05) is 26.0 Å². The number of benzene rings is 3. The fraction of sp³-hybridized carbons (Fsp3) is 0.290. The van der Waals surface area contributed by atoms with Crippen molar-refractivity contribution in [3.05, 3.63) is 89.5 Å². The van der Waals surface area contributed by atoms with E-state index in [-0.39, 0.29) is 17.6 Å². The van der Waals surface area contributed by atoms with Crippen LogP contribution < -0.4 is 14.8 Å². The highest BCUT2D eigenvalue weighted by atomic mass is 32.2. The lowest BCUT2D eigenvalue weighted by Crippen LogP contribution is -2.44. The summed E-state index contributed by atoms with van der Waals surface area (Å²) in [4.78, 5) is 29.3. The molecule has 3 aromatic carbocycles. The molecule has 1 unspecified atom stereocenters. The van der Waals surface area contributed by atoms with Gasteiger partial charge in [0.25, 0.3) is 0 Å². The number of para-hydroxylation sites is 2. The van der Waals surface area contributed by atoms with Crippen LogP contribution in [-0.4, -0.2) is 47.3 Å². The quantitative estimate of drug-likeness (QED) is 0.317. The molecule has 4 aromatic rings. The molecule has 0 aliphatic carbocycles.